The molecule has 1 saturated carbocycles. The van der Waals surface area contributed by atoms with Crippen LogP contribution >= 0.6 is 0 Å². The Labute approximate surface area is 112 Å². The van der Waals surface area contributed by atoms with Gasteiger partial charge >= 0.3 is 0 Å². The average molecular weight is 257 g/mol. The molecule has 0 aromatic rings. The van der Waals surface area contributed by atoms with E-state index < -0.39 is 0 Å². The van der Waals surface area contributed by atoms with E-state index in [-0.39, 0.29) is 12.2 Å². The summed E-state index contributed by atoms with van der Waals surface area (Å²) in [7, 11) is 0. The molecule has 18 heavy (non-hydrogen) atoms. The van der Waals surface area contributed by atoms with Crippen LogP contribution in [0.3, 0.4) is 0 Å². The van der Waals surface area contributed by atoms with Gasteiger partial charge in [0.1, 0.15) is 0 Å². The highest BCUT2D eigenvalue weighted by Crippen LogP contribution is 2.25. The fourth-order valence-corrected chi connectivity index (χ4v) is 2.66. The zero-order chi connectivity index (χ0) is 13.4. The highest BCUT2D eigenvalue weighted by atomic mass is 16.5. The maximum Gasteiger partial charge on any atom is 0.0897 e. The van der Waals surface area contributed by atoms with Gasteiger partial charge in [-0.1, -0.05) is 25.7 Å². The molecule has 1 unspecified atom stereocenters. The number of hydrogen-bond donors (Lipinski definition) is 2. The normalized spacial score (nSPS) is 21.8. The van der Waals surface area contributed by atoms with Gasteiger partial charge in [-0.3, -0.25) is 0 Å². The maximum atomic E-state index is 9.81. The van der Waals surface area contributed by atoms with Crippen LogP contribution in [-0.2, 0) is 4.74 Å². The average Bonchev–Trinajstić information content (AvgIpc) is 2.62. The Morgan fingerprint density at radius 1 is 1.11 bits per heavy atom. The Balaban J connectivity index is 2.16. The van der Waals surface area contributed by atoms with Gasteiger partial charge in [0, 0.05) is 12.6 Å². The number of rotatable bonds is 7. The Kier molecular flexibility index (Phi) is 7.87. The second-order valence-electron chi connectivity index (χ2n) is 5.98. The largest absolute Gasteiger partial charge is 0.389 e. The highest BCUT2D eigenvalue weighted by Gasteiger charge is 2.19. The lowest BCUT2D eigenvalue weighted by molar-refractivity contribution is 0.00488. The van der Waals surface area contributed by atoms with Crippen LogP contribution < -0.4 is 5.32 Å². The van der Waals surface area contributed by atoms with Crippen LogP contribution in [0, 0.1) is 5.92 Å². The van der Waals surface area contributed by atoms with Crippen molar-refractivity contribution in [3.05, 3.63) is 0 Å². The van der Waals surface area contributed by atoms with Crippen molar-refractivity contribution in [1.82, 2.24) is 5.32 Å². The Morgan fingerprint density at radius 3 is 2.28 bits per heavy atom. The zero-order valence-corrected chi connectivity index (χ0v) is 12.3. The minimum Gasteiger partial charge on any atom is -0.389 e. The first-order valence-electron chi connectivity index (χ1n) is 7.62. The van der Waals surface area contributed by atoms with E-state index in [0.29, 0.717) is 19.2 Å². The van der Waals surface area contributed by atoms with Crippen molar-refractivity contribution in [3.8, 4) is 0 Å². The van der Waals surface area contributed by atoms with Gasteiger partial charge in [-0.05, 0) is 39.5 Å². The summed E-state index contributed by atoms with van der Waals surface area (Å²) in [5.41, 5.74) is 0. The summed E-state index contributed by atoms with van der Waals surface area (Å²) in [6.45, 7) is 7.32. The molecule has 0 aromatic carbocycles. The third-order valence-corrected chi connectivity index (χ3v) is 3.90. The summed E-state index contributed by atoms with van der Waals surface area (Å²) in [5.74, 6) is 0.783. The molecule has 108 valence electrons. The van der Waals surface area contributed by atoms with Crippen molar-refractivity contribution in [2.45, 2.75) is 77.5 Å². The first-order chi connectivity index (χ1) is 8.59. The molecule has 1 rings (SSSR count). The number of ether oxygens (including phenoxy) is 1. The molecule has 1 aliphatic carbocycles. The molecule has 0 amide bonds. The molecule has 3 heteroatoms. The lowest BCUT2D eigenvalue weighted by atomic mass is 9.93. The van der Waals surface area contributed by atoms with E-state index in [2.05, 4.69) is 12.2 Å². The van der Waals surface area contributed by atoms with E-state index in [1.54, 1.807) is 0 Å². The minimum atomic E-state index is -0.388. The van der Waals surface area contributed by atoms with Gasteiger partial charge in [-0.25, -0.2) is 0 Å². The van der Waals surface area contributed by atoms with Gasteiger partial charge in [0.05, 0.1) is 18.8 Å². The van der Waals surface area contributed by atoms with Crippen molar-refractivity contribution < 1.29 is 9.84 Å². The molecule has 2 N–H and O–H groups in total. The van der Waals surface area contributed by atoms with Gasteiger partial charge in [-0.2, -0.15) is 0 Å². The fourth-order valence-electron chi connectivity index (χ4n) is 2.66. The van der Waals surface area contributed by atoms with E-state index >= 15 is 0 Å². The summed E-state index contributed by atoms with van der Waals surface area (Å²) in [4.78, 5) is 0. The van der Waals surface area contributed by atoms with Crippen molar-refractivity contribution in [3.63, 3.8) is 0 Å². The van der Waals surface area contributed by atoms with Gasteiger partial charge in [0.25, 0.3) is 0 Å². The Bertz CT molecular complexity index is 201. The first kappa shape index (κ1) is 15.9. The second-order valence-corrected chi connectivity index (χ2v) is 5.98. The summed E-state index contributed by atoms with van der Waals surface area (Å²) in [5, 5.41) is 13.3. The molecular weight excluding hydrogens is 226 g/mol. The maximum absolute atomic E-state index is 9.81. The van der Waals surface area contributed by atoms with Crippen LogP contribution in [0.2, 0.25) is 0 Å². The predicted octanol–water partition coefficient (Wildman–Crippen LogP) is 2.72. The Morgan fingerprint density at radius 2 is 1.72 bits per heavy atom. The summed E-state index contributed by atoms with van der Waals surface area (Å²) < 4.78 is 5.41. The Hall–Kier alpha value is -0.120. The van der Waals surface area contributed by atoms with Crippen LogP contribution in [-0.4, -0.2) is 36.5 Å². The molecule has 2 atom stereocenters. The van der Waals surface area contributed by atoms with Crippen LogP contribution in [0.5, 0.6) is 0 Å². The number of aliphatic hydroxyl groups excluding tert-OH is 1. The standard InChI is InChI=1S/C15H31NO2/c1-12(2)18-11-15(17)10-16-13(3)14-8-6-4-5-7-9-14/h12-17H,4-11H2,1-3H3/t13-,15?/m0/s1. The fraction of sp³-hybridized carbons (Fsp3) is 1.00. The predicted molar refractivity (Wildman–Crippen MR) is 75.8 cm³/mol. The topological polar surface area (TPSA) is 41.5 Å². The number of aliphatic hydroxyl groups is 1. The molecule has 0 bridgehead atoms. The molecule has 0 aromatic heterocycles. The van der Waals surface area contributed by atoms with Crippen molar-refractivity contribution in [2.24, 2.45) is 5.92 Å². The highest BCUT2D eigenvalue weighted by molar-refractivity contribution is 4.76. The second kappa shape index (κ2) is 8.89. The quantitative estimate of drug-likeness (QED) is 0.689. The molecule has 1 aliphatic rings. The van der Waals surface area contributed by atoms with Crippen LogP contribution in [0.1, 0.15) is 59.3 Å². The molecule has 0 aliphatic heterocycles. The van der Waals surface area contributed by atoms with Crippen LogP contribution in [0.25, 0.3) is 0 Å². The third kappa shape index (κ3) is 6.72. The molecule has 0 radical (unpaired) electrons. The SMILES string of the molecule is CC(C)OCC(O)CN[C@@H](C)C1CCCCCC1. The molecule has 0 spiro atoms. The van der Waals surface area contributed by atoms with Crippen molar-refractivity contribution >= 4 is 0 Å². The molecule has 0 heterocycles. The van der Waals surface area contributed by atoms with Crippen molar-refractivity contribution in [1.29, 1.82) is 0 Å². The monoisotopic (exact) mass is 257 g/mol. The first-order valence-corrected chi connectivity index (χ1v) is 7.62. The van der Waals surface area contributed by atoms with E-state index in [9.17, 15) is 5.11 Å². The van der Waals surface area contributed by atoms with E-state index in [0.717, 1.165) is 5.92 Å². The lowest BCUT2D eigenvalue weighted by Gasteiger charge is -2.25. The van der Waals surface area contributed by atoms with Gasteiger partial charge in [-0.15, -0.1) is 0 Å². The van der Waals surface area contributed by atoms with Crippen LogP contribution in [0.15, 0.2) is 0 Å². The van der Waals surface area contributed by atoms with E-state index in [4.69, 9.17) is 4.74 Å². The minimum absolute atomic E-state index is 0.193. The molecular formula is C15H31NO2. The van der Waals surface area contributed by atoms with Gasteiger partial charge < -0.3 is 15.2 Å². The summed E-state index contributed by atoms with van der Waals surface area (Å²) >= 11 is 0. The van der Waals surface area contributed by atoms with Crippen LogP contribution in [0.4, 0.5) is 0 Å². The van der Waals surface area contributed by atoms with Crippen molar-refractivity contribution in [2.75, 3.05) is 13.2 Å². The number of nitrogens with one attached hydrogen (secondary N) is 1. The van der Waals surface area contributed by atoms with Gasteiger partial charge in [0.2, 0.25) is 0 Å². The van der Waals surface area contributed by atoms with E-state index in [1.165, 1.54) is 38.5 Å². The third-order valence-electron chi connectivity index (χ3n) is 3.90. The zero-order valence-electron chi connectivity index (χ0n) is 12.3. The molecule has 0 saturated heterocycles. The smallest absolute Gasteiger partial charge is 0.0897 e. The molecule has 1 fully saturated rings. The molecule has 3 nitrogen and oxygen atoms in total. The lowest BCUT2D eigenvalue weighted by Crippen LogP contribution is -2.40. The van der Waals surface area contributed by atoms with E-state index in [1.807, 2.05) is 13.8 Å². The number of hydrogen-bond acceptors (Lipinski definition) is 3. The summed E-state index contributed by atoms with van der Waals surface area (Å²) in [6.07, 6.45) is 8.02. The van der Waals surface area contributed by atoms with Gasteiger partial charge in [0.15, 0.2) is 0 Å². The summed E-state index contributed by atoms with van der Waals surface area (Å²) in [6, 6.07) is 0.511.